The van der Waals surface area contributed by atoms with Crippen LogP contribution in [0, 0.1) is 6.92 Å². The lowest BCUT2D eigenvalue weighted by molar-refractivity contribution is 0.0927. The van der Waals surface area contributed by atoms with E-state index >= 15 is 0 Å². The number of carbonyl (C=O) groups is 2. The van der Waals surface area contributed by atoms with Gasteiger partial charge in [-0.15, -0.1) is 0 Å². The van der Waals surface area contributed by atoms with Crippen LogP contribution in [-0.4, -0.2) is 22.4 Å². The number of nitrogens with one attached hydrogen (secondary N) is 2. The van der Waals surface area contributed by atoms with Crippen molar-refractivity contribution in [1.29, 1.82) is 0 Å². The number of aryl methyl sites for hydroxylation is 2. The maximum Gasteiger partial charge on any atom is 0.255 e. The summed E-state index contributed by atoms with van der Waals surface area (Å²) in [5.74, 6) is -0.426. The zero-order valence-corrected chi connectivity index (χ0v) is 15.7. The zero-order chi connectivity index (χ0) is 19.4. The minimum atomic E-state index is -0.352. The lowest BCUT2D eigenvalue weighted by atomic mass is 9.95. The second kappa shape index (κ2) is 8.20. The van der Waals surface area contributed by atoms with E-state index in [1.807, 2.05) is 6.92 Å². The Morgan fingerprint density at radius 1 is 1.00 bits per heavy atom. The maximum atomic E-state index is 12.5. The summed E-state index contributed by atoms with van der Waals surface area (Å²) in [6, 6.07) is 8.37. The number of pyridine rings is 1. The van der Waals surface area contributed by atoms with Crippen molar-refractivity contribution in [2.45, 2.75) is 45.1 Å². The molecular weight excluding hydrogens is 342 g/mol. The summed E-state index contributed by atoms with van der Waals surface area (Å²) in [4.78, 5) is 36.5. The van der Waals surface area contributed by atoms with E-state index in [1.54, 1.807) is 37.5 Å². The van der Waals surface area contributed by atoms with Crippen molar-refractivity contribution in [2.75, 3.05) is 5.32 Å². The highest BCUT2D eigenvalue weighted by molar-refractivity contribution is 6.05. The molecule has 2 aromatic rings. The van der Waals surface area contributed by atoms with Crippen molar-refractivity contribution >= 4 is 17.5 Å². The molecule has 6 nitrogen and oxygen atoms in total. The summed E-state index contributed by atoms with van der Waals surface area (Å²) in [7, 11) is 1.63. The molecule has 0 bridgehead atoms. The fraction of sp³-hybridized carbons (Fsp3) is 0.381. The van der Waals surface area contributed by atoms with Gasteiger partial charge in [0.05, 0.1) is 0 Å². The number of hydrogen-bond acceptors (Lipinski definition) is 3. The second-order valence-electron chi connectivity index (χ2n) is 7.16. The van der Waals surface area contributed by atoms with Gasteiger partial charge in [0.15, 0.2) is 0 Å². The van der Waals surface area contributed by atoms with Gasteiger partial charge in [0.25, 0.3) is 17.4 Å². The first-order chi connectivity index (χ1) is 12.9. The van der Waals surface area contributed by atoms with Crippen molar-refractivity contribution in [1.82, 2.24) is 9.88 Å². The molecule has 1 heterocycles. The van der Waals surface area contributed by atoms with Crippen molar-refractivity contribution in [2.24, 2.45) is 7.05 Å². The molecule has 0 unspecified atom stereocenters. The van der Waals surface area contributed by atoms with Crippen LogP contribution >= 0.6 is 0 Å². The van der Waals surface area contributed by atoms with Crippen molar-refractivity contribution in [3.05, 3.63) is 63.6 Å². The average Bonchev–Trinajstić information content (AvgIpc) is 2.66. The van der Waals surface area contributed by atoms with E-state index < -0.39 is 0 Å². The largest absolute Gasteiger partial charge is 0.349 e. The summed E-state index contributed by atoms with van der Waals surface area (Å²) >= 11 is 0. The van der Waals surface area contributed by atoms with E-state index in [2.05, 4.69) is 10.6 Å². The molecular formula is C21H25N3O3. The van der Waals surface area contributed by atoms with E-state index in [-0.39, 0.29) is 23.4 Å². The molecule has 0 atom stereocenters. The molecule has 1 fully saturated rings. The molecule has 1 aromatic carbocycles. The van der Waals surface area contributed by atoms with Gasteiger partial charge < -0.3 is 15.2 Å². The predicted octanol–water partition coefficient (Wildman–Crippen LogP) is 3.01. The van der Waals surface area contributed by atoms with Gasteiger partial charge in [0, 0.05) is 42.2 Å². The molecule has 2 amide bonds. The van der Waals surface area contributed by atoms with Crippen molar-refractivity contribution in [3.8, 4) is 0 Å². The van der Waals surface area contributed by atoms with Crippen LogP contribution in [-0.2, 0) is 7.05 Å². The first kappa shape index (κ1) is 18.9. The van der Waals surface area contributed by atoms with Gasteiger partial charge in [0.1, 0.15) is 0 Å². The van der Waals surface area contributed by atoms with Gasteiger partial charge in [-0.05, 0) is 49.6 Å². The third-order valence-corrected chi connectivity index (χ3v) is 5.04. The van der Waals surface area contributed by atoms with Gasteiger partial charge in [0.2, 0.25) is 0 Å². The SMILES string of the molecule is Cc1cc(C(=O)NC2CCCCC2)ccc1NC(=O)c1ccn(C)c(=O)c1. The molecule has 1 saturated carbocycles. The Morgan fingerprint density at radius 2 is 1.70 bits per heavy atom. The molecule has 1 aliphatic carbocycles. The Labute approximate surface area is 158 Å². The minimum Gasteiger partial charge on any atom is -0.349 e. The van der Waals surface area contributed by atoms with Crippen LogP contribution in [0.4, 0.5) is 5.69 Å². The topological polar surface area (TPSA) is 80.2 Å². The highest BCUT2D eigenvalue weighted by atomic mass is 16.2. The Hall–Kier alpha value is -2.89. The van der Waals surface area contributed by atoms with Gasteiger partial charge in [-0.3, -0.25) is 14.4 Å². The highest BCUT2D eigenvalue weighted by Gasteiger charge is 2.17. The molecule has 1 aromatic heterocycles. The number of nitrogens with zero attached hydrogens (tertiary/aromatic N) is 1. The number of carbonyl (C=O) groups excluding carboxylic acids is 2. The quantitative estimate of drug-likeness (QED) is 0.872. The number of amides is 2. The summed E-state index contributed by atoms with van der Waals surface area (Å²) < 4.78 is 1.40. The summed E-state index contributed by atoms with van der Waals surface area (Å²) in [6.45, 7) is 1.84. The van der Waals surface area contributed by atoms with Crippen LogP contribution in [0.15, 0.2) is 41.3 Å². The molecule has 27 heavy (non-hydrogen) atoms. The Kier molecular flexibility index (Phi) is 5.74. The third kappa shape index (κ3) is 4.64. The van der Waals surface area contributed by atoms with Gasteiger partial charge >= 0.3 is 0 Å². The first-order valence-corrected chi connectivity index (χ1v) is 9.33. The van der Waals surface area contributed by atoms with Crippen LogP contribution in [0.25, 0.3) is 0 Å². The van der Waals surface area contributed by atoms with Crippen LogP contribution in [0.1, 0.15) is 58.4 Å². The van der Waals surface area contributed by atoms with Gasteiger partial charge in [-0.2, -0.15) is 0 Å². The number of rotatable bonds is 4. The summed E-state index contributed by atoms with van der Waals surface area (Å²) in [5, 5.41) is 5.90. The third-order valence-electron chi connectivity index (χ3n) is 5.04. The van der Waals surface area contributed by atoms with Crippen LogP contribution < -0.4 is 16.2 Å². The van der Waals surface area contributed by atoms with Gasteiger partial charge in [-0.25, -0.2) is 0 Å². The second-order valence-corrected chi connectivity index (χ2v) is 7.16. The summed E-state index contributed by atoms with van der Waals surface area (Å²) in [6.07, 6.45) is 7.20. The molecule has 6 heteroatoms. The Bertz CT molecular complexity index is 911. The van der Waals surface area contributed by atoms with Crippen molar-refractivity contribution < 1.29 is 9.59 Å². The lowest BCUT2D eigenvalue weighted by Gasteiger charge is -2.23. The van der Waals surface area contributed by atoms with Crippen LogP contribution in [0.5, 0.6) is 0 Å². The molecule has 142 valence electrons. The van der Waals surface area contributed by atoms with Crippen LogP contribution in [0.2, 0.25) is 0 Å². The lowest BCUT2D eigenvalue weighted by Crippen LogP contribution is -2.36. The molecule has 0 aliphatic heterocycles. The molecule has 2 N–H and O–H groups in total. The Morgan fingerprint density at radius 3 is 2.37 bits per heavy atom. The zero-order valence-electron chi connectivity index (χ0n) is 15.7. The van der Waals surface area contributed by atoms with Gasteiger partial charge in [-0.1, -0.05) is 19.3 Å². The standard InChI is InChI=1S/C21H25N3O3/c1-14-12-15(20(26)22-17-6-4-3-5-7-17)8-9-18(14)23-21(27)16-10-11-24(2)19(25)13-16/h8-13,17H,3-7H2,1-2H3,(H,22,26)(H,23,27). The molecule has 0 spiro atoms. The highest BCUT2D eigenvalue weighted by Crippen LogP contribution is 2.20. The maximum absolute atomic E-state index is 12.5. The first-order valence-electron chi connectivity index (χ1n) is 9.33. The predicted molar refractivity (Wildman–Crippen MR) is 105 cm³/mol. The van der Waals surface area contributed by atoms with E-state index in [0.29, 0.717) is 16.8 Å². The van der Waals surface area contributed by atoms with Crippen molar-refractivity contribution in [3.63, 3.8) is 0 Å². The average molecular weight is 367 g/mol. The van der Waals surface area contributed by atoms with E-state index in [0.717, 1.165) is 31.2 Å². The minimum absolute atomic E-state index is 0.0746. The fourth-order valence-corrected chi connectivity index (χ4v) is 3.35. The van der Waals surface area contributed by atoms with E-state index in [9.17, 15) is 14.4 Å². The van der Waals surface area contributed by atoms with E-state index in [4.69, 9.17) is 0 Å². The molecule has 0 radical (unpaired) electrons. The fourth-order valence-electron chi connectivity index (χ4n) is 3.35. The normalized spacial score (nSPS) is 14.6. The molecule has 0 saturated heterocycles. The number of aromatic nitrogens is 1. The monoisotopic (exact) mass is 367 g/mol. The number of benzene rings is 1. The molecule has 3 rings (SSSR count). The molecule has 1 aliphatic rings. The smallest absolute Gasteiger partial charge is 0.255 e. The van der Waals surface area contributed by atoms with E-state index in [1.165, 1.54) is 17.1 Å². The number of hydrogen-bond donors (Lipinski definition) is 2. The summed E-state index contributed by atoms with van der Waals surface area (Å²) in [5.41, 5.74) is 2.06. The van der Waals surface area contributed by atoms with Crippen LogP contribution in [0.3, 0.4) is 0 Å². The number of anilines is 1. The Balaban J connectivity index is 1.68.